The van der Waals surface area contributed by atoms with Gasteiger partial charge in [0.15, 0.2) is 0 Å². The predicted molar refractivity (Wildman–Crippen MR) is 101 cm³/mol. The standard InChI is InChI=1S/C20H12S2/c1-2-4-14-8-17-11-19-12-20-15(5-6-21-22-20)9-18(19)10-16(17)7-13(14)3-1/h1-12H. The zero-order valence-electron chi connectivity index (χ0n) is 11.7. The Labute approximate surface area is 136 Å². The molecule has 0 nitrogen and oxygen atoms in total. The van der Waals surface area contributed by atoms with Crippen LogP contribution >= 0.6 is 21.6 Å². The SMILES string of the molecule is C1=Cc2cc3cc4cc5ccccc5cc4cc3cc2SS1. The summed E-state index contributed by atoms with van der Waals surface area (Å²) in [4.78, 5) is 1.36. The van der Waals surface area contributed by atoms with Gasteiger partial charge in [-0.25, -0.2) is 0 Å². The summed E-state index contributed by atoms with van der Waals surface area (Å²) in [6.07, 6.45) is 2.21. The van der Waals surface area contributed by atoms with Gasteiger partial charge in [0.2, 0.25) is 0 Å². The van der Waals surface area contributed by atoms with Gasteiger partial charge in [-0.05, 0) is 85.8 Å². The molecule has 104 valence electrons. The van der Waals surface area contributed by atoms with Crippen LogP contribution < -0.4 is 0 Å². The molecule has 0 aliphatic carbocycles. The van der Waals surface area contributed by atoms with E-state index in [0.29, 0.717) is 0 Å². The van der Waals surface area contributed by atoms with E-state index in [0.717, 1.165) is 0 Å². The third-order valence-corrected chi connectivity index (χ3v) is 6.27. The molecule has 4 aromatic rings. The fourth-order valence-corrected chi connectivity index (χ4v) is 4.96. The van der Waals surface area contributed by atoms with Gasteiger partial charge in [0.25, 0.3) is 0 Å². The van der Waals surface area contributed by atoms with Gasteiger partial charge >= 0.3 is 0 Å². The third-order valence-electron chi connectivity index (χ3n) is 4.23. The highest BCUT2D eigenvalue weighted by atomic mass is 33.1. The van der Waals surface area contributed by atoms with Crippen molar-refractivity contribution < 1.29 is 0 Å². The van der Waals surface area contributed by atoms with Crippen LogP contribution in [0, 0.1) is 0 Å². The van der Waals surface area contributed by atoms with Crippen LogP contribution in [0.25, 0.3) is 38.4 Å². The Bertz CT molecular complexity index is 1080. The molecule has 0 N–H and O–H groups in total. The summed E-state index contributed by atoms with van der Waals surface area (Å²) in [6.45, 7) is 0. The van der Waals surface area contributed by atoms with Crippen molar-refractivity contribution in [2.75, 3.05) is 0 Å². The number of rotatable bonds is 0. The summed E-state index contributed by atoms with van der Waals surface area (Å²) in [5.74, 6) is 0. The average molecular weight is 316 g/mol. The molecule has 4 aromatic carbocycles. The third kappa shape index (κ3) is 1.95. The molecule has 2 heteroatoms. The van der Waals surface area contributed by atoms with E-state index in [1.807, 2.05) is 10.8 Å². The molecular weight excluding hydrogens is 304 g/mol. The average Bonchev–Trinajstić information content (AvgIpc) is 2.56. The highest BCUT2D eigenvalue weighted by molar-refractivity contribution is 8.78. The minimum absolute atomic E-state index is 1.30. The van der Waals surface area contributed by atoms with Gasteiger partial charge < -0.3 is 0 Å². The Hall–Kier alpha value is -1.90. The van der Waals surface area contributed by atoms with E-state index < -0.39 is 0 Å². The number of fused-ring (bicyclic) bond motifs is 4. The van der Waals surface area contributed by atoms with Crippen molar-refractivity contribution in [2.24, 2.45) is 0 Å². The molecule has 0 radical (unpaired) electrons. The summed E-state index contributed by atoms with van der Waals surface area (Å²) in [6, 6.07) is 22.4. The van der Waals surface area contributed by atoms with Crippen LogP contribution in [0.3, 0.4) is 0 Å². The van der Waals surface area contributed by atoms with Crippen molar-refractivity contribution in [2.45, 2.75) is 4.90 Å². The molecule has 0 aromatic heterocycles. The summed E-state index contributed by atoms with van der Waals surface area (Å²) in [5.41, 5.74) is 1.33. The monoisotopic (exact) mass is 316 g/mol. The maximum atomic E-state index is 2.32. The van der Waals surface area contributed by atoms with Gasteiger partial charge in [-0.1, -0.05) is 45.9 Å². The molecule has 1 aliphatic heterocycles. The Balaban J connectivity index is 1.87. The molecule has 1 aliphatic rings. The molecule has 0 amide bonds. The maximum Gasteiger partial charge on any atom is 0.0265 e. The van der Waals surface area contributed by atoms with Gasteiger partial charge in [-0.2, -0.15) is 0 Å². The fourth-order valence-electron chi connectivity index (χ4n) is 3.12. The Morgan fingerprint density at radius 2 is 1.18 bits per heavy atom. The lowest BCUT2D eigenvalue weighted by molar-refractivity contribution is 1.48. The Kier molecular flexibility index (Phi) is 2.76. The summed E-state index contributed by atoms with van der Waals surface area (Å²) < 4.78 is 0. The molecule has 22 heavy (non-hydrogen) atoms. The highest BCUT2D eigenvalue weighted by Crippen LogP contribution is 2.42. The van der Waals surface area contributed by atoms with Gasteiger partial charge in [0.05, 0.1) is 0 Å². The van der Waals surface area contributed by atoms with Crippen LogP contribution in [-0.4, -0.2) is 0 Å². The van der Waals surface area contributed by atoms with Gasteiger partial charge in [-0.3, -0.25) is 0 Å². The molecule has 0 bridgehead atoms. The lowest BCUT2D eigenvalue weighted by atomic mass is 9.98. The summed E-state index contributed by atoms with van der Waals surface area (Å²) in [5, 5.41) is 10.0. The maximum absolute atomic E-state index is 2.32. The van der Waals surface area contributed by atoms with Crippen LogP contribution in [0.1, 0.15) is 5.56 Å². The van der Waals surface area contributed by atoms with Crippen LogP contribution in [0.15, 0.2) is 71.0 Å². The minimum Gasteiger partial charge on any atom is -0.0616 e. The Morgan fingerprint density at radius 3 is 1.91 bits per heavy atom. The van der Waals surface area contributed by atoms with E-state index in [1.54, 1.807) is 10.8 Å². The second-order valence-electron chi connectivity index (χ2n) is 5.62. The fraction of sp³-hybridized carbons (Fsp3) is 0. The first-order valence-corrected chi connectivity index (χ1v) is 9.48. The smallest absolute Gasteiger partial charge is 0.0265 e. The largest absolute Gasteiger partial charge is 0.0616 e. The summed E-state index contributed by atoms with van der Waals surface area (Å²) >= 11 is 0. The first-order chi connectivity index (χ1) is 10.9. The molecule has 0 saturated heterocycles. The van der Waals surface area contributed by atoms with Crippen LogP contribution in [0.5, 0.6) is 0 Å². The number of hydrogen-bond donors (Lipinski definition) is 0. The lowest BCUT2D eigenvalue weighted by Crippen LogP contribution is -1.84. The van der Waals surface area contributed by atoms with Crippen molar-refractivity contribution in [1.29, 1.82) is 0 Å². The molecular formula is C20H12S2. The molecule has 0 spiro atoms. The molecule has 1 heterocycles. The van der Waals surface area contributed by atoms with E-state index in [9.17, 15) is 0 Å². The topological polar surface area (TPSA) is 0 Å². The van der Waals surface area contributed by atoms with Crippen molar-refractivity contribution in [3.05, 3.63) is 71.6 Å². The zero-order chi connectivity index (χ0) is 14.5. The van der Waals surface area contributed by atoms with Crippen molar-refractivity contribution in [1.82, 2.24) is 0 Å². The van der Waals surface area contributed by atoms with E-state index in [-0.39, 0.29) is 0 Å². The lowest BCUT2D eigenvalue weighted by Gasteiger charge is -2.12. The second-order valence-corrected chi connectivity index (χ2v) is 7.77. The van der Waals surface area contributed by atoms with Crippen molar-refractivity contribution >= 4 is 60.0 Å². The van der Waals surface area contributed by atoms with Gasteiger partial charge in [0.1, 0.15) is 0 Å². The first kappa shape index (κ1) is 12.6. The zero-order valence-corrected chi connectivity index (χ0v) is 13.4. The normalized spacial score (nSPS) is 13.8. The Morgan fingerprint density at radius 1 is 0.591 bits per heavy atom. The highest BCUT2D eigenvalue weighted by Gasteiger charge is 2.08. The molecule has 0 unspecified atom stereocenters. The molecule has 0 atom stereocenters. The van der Waals surface area contributed by atoms with E-state index in [2.05, 4.69) is 72.1 Å². The van der Waals surface area contributed by atoms with Crippen LogP contribution in [0.4, 0.5) is 0 Å². The van der Waals surface area contributed by atoms with Crippen molar-refractivity contribution in [3.8, 4) is 0 Å². The molecule has 0 fully saturated rings. The minimum atomic E-state index is 1.30. The van der Waals surface area contributed by atoms with Crippen LogP contribution in [-0.2, 0) is 0 Å². The molecule has 0 saturated carbocycles. The predicted octanol–water partition coefficient (Wildman–Crippen LogP) is 6.87. The van der Waals surface area contributed by atoms with E-state index in [4.69, 9.17) is 0 Å². The number of benzene rings is 4. The molecule has 5 rings (SSSR count). The van der Waals surface area contributed by atoms with Crippen LogP contribution in [0.2, 0.25) is 0 Å². The quantitative estimate of drug-likeness (QED) is 0.256. The van der Waals surface area contributed by atoms with E-state index in [1.165, 1.54) is 42.8 Å². The van der Waals surface area contributed by atoms with Gasteiger partial charge in [-0.15, -0.1) is 0 Å². The van der Waals surface area contributed by atoms with E-state index >= 15 is 0 Å². The van der Waals surface area contributed by atoms with Crippen molar-refractivity contribution in [3.63, 3.8) is 0 Å². The second kappa shape index (κ2) is 4.80. The first-order valence-electron chi connectivity index (χ1n) is 7.27. The van der Waals surface area contributed by atoms with Gasteiger partial charge in [0, 0.05) is 4.90 Å². The number of hydrogen-bond acceptors (Lipinski definition) is 2. The summed E-state index contributed by atoms with van der Waals surface area (Å²) in [7, 11) is 3.63.